The van der Waals surface area contributed by atoms with Crippen LogP contribution in [-0.4, -0.2) is 54.6 Å². The largest absolute Gasteiger partial charge is 0.337 e. The van der Waals surface area contributed by atoms with Crippen molar-refractivity contribution in [1.29, 1.82) is 0 Å². The minimum atomic E-state index is 0.148. The van der Waals surface area contributed by atoms with Gasteiger partial charge in [-0.05, 0) is 51.6 Å². The highest BCUT2D eigenvalue weighted by Gasteiger charge is 2.24. The molecule has 4 heteroatoms. The molecule has 1 aliphatic carbocycles. The van der Waals surface area contributed by atoms with Crippen LogP contribution in [0.4, 0.5) is 4.79 Å². The first kappa shape index (κ1) is 16.6. The van der Waals surface area contributed by atoms with E-state index in [0.29, 0.717) is 6.04 Å². The number of urea groups is 1. The van der Waals surface area contributed by atoms with E-state index in [1.165, 1.54) is 58.0 Å². The lowest BCUT2D eigenvalue weighted by Gasteiger charge is -2.34. The summed E-state index contributed by atoms with van der Waals surface area (Å²) in [6.07, 6.45) is 8.87. The zero-order chi connectivity index (χ0) is 15.1. The van der Waals surface area contributed by atoms with Crippen LogP contribution >= 0.6 is 0 Å². The van der Waals surface area contributed by atoms with Crippen LogP contribution in [0.1, 0.15) is 58.8 Å². The minimum absolute atomic E-state index is 0.148. The van der Waals surface area contributed by atoms with E-state index < -0.39 is 0 Å². The predicted molar refractivity (Wildman–Crippen MR) is 87.5 cm³/mol. The Morgan fingerprint density at radius 2 is 1.81 bits per heavy atom. The highest BCUT2D eigenvalue weighted by molar-refractivity contribution is 5.74. The summed E-state index contributed by atoms with van der Waals surface area (Å²) in [5, 5.41) is 3.13. The van der Waals surface area contributed by atoms with E-state index >= 15 is 0 Å². The number of nitrogens with one attached hydrogen (secondary N) is 1. The summed E-state index contributed by atoms with van der Waals surface area (Å²) < 4.78 is 0. The summed E-state index contributed by atoms with van der Waals surface area (Å²) in [6.45, 7) is 9.44. The van der Waals surface area contributed by atoms with Gasteiger partial charge >= 0.3 is 6.03 Å². The number of hydrogen-bond acceptors (Lipinski definition) is 2. The number of hydrogen-bond donors (Lipinski definition) is 1. The molecule has 21 heavy (non-hydrogen) atoms. The van der Waals surface area contributed by atoms with E-state index in [2.05, 4.69) is 29.0 Å². The fraction of sp³-hybridized carbons (Fsp3) is 0.941. The summed E-state index contributed by atoms with van der Waals surface area (Å²) in [4.78, 5) is 16.9. The van der Waals surface area contributed by atoms with Gasteiger partial charge in [-0.25, -0.2) is 4.79 Å². The van der Waals surface area contributed by atoms with Crippen LogP contribution in [0.3, 0.4) is 0 Å². The van der Waals surface area contributed by atoms with Gasteiger partial charge in [-0.15, -0.1) is 0 Å². The zero-order valence-electron chi connectivity index (χ0n) is 13.9. The van der Waals surface area contributed by atoms with Crippen LogP contribution in [0.5, 0.6) is 0 Å². The number of rotatable bonds is 5. The van der Waals surface area contributed by atoms with Gasteiger partial charge in [0.2, 0.25) is 0 Å². The highest BCUT2D eigenvalue weighted by Crippen LogP contribution is 2.22. The SMILES string of the molecule is CCN(C(=O)NCCN1CCC(C)CC1)C1CCCCC1. The zero-order valence-corrected chi connectivity index (χ0v) is 13.9. The minimum Gasteiger partial charge on any atom is -0.337 e. The quantitative estimate of drug-likeness (QED) is 0.846. The topological polar surface area (TPSA) is 35.6 Å². The molecule has 122 valence electrons. The third-order valence-corrected chi connectivity index (χ3v) is 5.20. The number of nitrogens with zero attached hydrogens (tertiary/aromatic N) is 2. The number of likely N-dealkylation sites (tertiary alicyclic amines) is 1. The summed E-state index contributed by atoms with van der Waals surface area (Å²) in [7, 11) is 0. The maximum absolute atomic E-state index is 12.4. The van der Waals surface area contributed by atoms with Crippen molar-refractivity contribution in [2.24, 2.45) is 5.92 Å². The number of amides is 2. The fourth-order valence-electron chi connectivity index (χ4n) is 3.67. The maximum atomic E-state index is 12.4. The molecule has 2 rings (SSSR count). The average molecular weight is 295 g/mol. The Kier molecular flexibility index (Phi) is 6.81. The third kappa shape index (κ3) is 5.17. The molecule has 1 saturated carbocycles. The molecule has 0 bridgehead atoms. The van der Waals surface area contributed by atoms with Crippen LogP contribution in [0.15, 0.2) is 0 Å². The second-order valence-electron chi connectivity index (χ2n) is 6.83. The maximum Gasteiger partial charge on any atom is 0.317 e. The molecule has 1 N–H and O–H groups in total. The van der Waals surface area contributed by atoms with Crippen LogP contribution in [0.2, 0.25) is 0 Å². The van der Waals surface area contributed by atoms with Crippen molar-refractivity contribution in [3.8, 4) is 0 Å². The van der Waals surface area contributed by atoms with Crippen LogP contribution in [0.25, 0.3) is 0 Å². The Bertz CT molecular complexity index is 307. The third-order valence-electron chi connectivity index (χ3n) is 5.20. The van der Waals surface area contributed by atoms with Crippen molar-refractivity contribution in [2.45, 2.75) is 64.8 Å². The molecule has 2 amide bonds. The summed E-state index contributed by atoms with van der Waals surface area (Å²) >= 11 is 0. The van der Waals surface area contributed by atoms with E-state index in [9.17, 15) is 4.79 Å². The molecule has 0 spiro atoms. The highest BCUT2D eigenvalue weighted by atomic mass is 16.2. The van der Waals surface area contributed by atoms with Gasteiger partial charge in [0, 0.05) is 25.7 Å². The van der Waals surface area contributed by atoms with E-state index in [4.69, 9.17) is 0 Å². The molecule has 2 aliphatic rings. The first-order chi connectivity index (χ1) is 10.2. The van der Waals surface area contributed by atoms with Gasteiger partial charge in [-0.3, -0.25) is 0 Å². The Hall–Kier alpha value is -0.770. The molecule has 0 aromatic heterocycles. The molecule has 4 nitrogen and oxygen atoms in total. The summed E-state index contributed by atoms with van der Waals surface area (Å²) in [6, 6.07) is 0.620. The monoisotopic (exact) mass is 295 g/mol. The summed E-state index contributed by atoms with van der Waals surface area (Å²) in [5.74, 6) is 0.873. The molecular weight excluding hydrogens is 262 g/mol. The Morgan fingerprint density at radius 1 is 1.14 bits per heavy atom. The molecule has 1 saturated heterocycles. The molecule has 0 radical (unpaired) electrons. The first-order valence-electron chi connectivity index (χ1n) is 8.97. The smallest absolute Gasteiger partial charge is 0.317 e. The van der Waals surface area contributed by atoms with Gasteiger partial charge in [0.1, 0.15) is 0 Å². The van der Waals surface area contributed by atoms with Crippen molar-refractivity contribution in [3.05, 3.63) is 0 Å². The second-order valence-corrected chi connectivity index (χ2v) is 6.83. The number of carbonyl (C=O) groups excluding carboxylic acids is 1. The van der Waals surface area contributed by atoms with Crippen LogP contribution in [-0.2, 0) is 0 Å². The lowest BCUT2D eigenvalue weighted by molar-refractivity contribution is 0.155. The normalized spacial score (nSPS) is 22.2. The van der Waals surface area contributed by atoms with E-state index in [1.807, 2.05) is 0 Å². The van der Waals surface area contributed by atoms with Gasteiger partial charge in [0.05, 0.1) is 0 Å². The summed E-state index contributed by atoms with van der Waals surface area (Å²) in [5.41, 5.74) is 0. The van der Waals surface area contributed by atoms with Crippen molar-refractivity contribution >= 4 is 6.03 Å². The first-order valence-corrected chi connectivity index (χ1v) is 8.97. The Balaban J connectivity index is 1.67. The van der Waals surface area contributed by atoms with Crippen LogP contribution in [0, 0.1) is 5.92 Å². The number of carbonyl (C=O) groups is 1. The molecule has 1 aliphatic heterocycles. The lowest BCUT2D eigenvalue weighted by Crippen LogP contribution is -2.48. The lowest BCUT2D eigenvalue weighted by atomic mass is 9.94. The van der Waals surface area contributed by atoms with Gasteiger partial charge < -0.3 is 15.1 Å². The van der Waals surface area contributed by atoms with Crippen molar-refractivity contribution in [3.63, 3.8) is 0 Å². The van der Waals surface area contributed by atoms with E-state index in [0.717, 1.165) is 25.6 Å². The van der Waals surface area contributed by atoms with Crippen LogP contribution < -0.4 is 5.32 Å². The van der Waals surface area contributed by atoms with Crippen molar-refractivity contribution < 1.29 is 4.79 Å². The number of piperidine rings is 1. The molecule has 0 aromatic carbocycles. The molecule has 0 aromatic rings. The Labute approximate surface area is 130 Å². The fourth-order valence-corrected chi connectivity index (χ4v) is 3.67. The predicted octanol–water partition coefficient (Wildman–Crippen LogP) is 3.08. The van der Waals surface area contributed by atoms with Gasteiger partial charge in [-0.1, -0.05) is 26.2 Å². The van der Waals surface area contributed by atoms with Gasteiger partial charge in [-0.2, -0.15) is 0 Å². The molecule has 2 fully saturated rings. The van der Waals surface area contributed by atoms with Crippen molar-refractivity contribution in [2.75, 3.05) is 32.7 Å². The van der Waals surface area contributed by atoms with Crippen molar-refractivity contribution in [1.82, 2.24) is 15.1 Å². The average Bonchev–Trinajstić information content (AvgIpc) is 2.51. The molecular formula is C17H33N3O. The van der Waals surface area contributed by atoms with E-state index in [1.54, 1.807) is 0 Å². The van der Waals surface area contributed by atoms with E-state index in [-0.39, 0.29) is 6.03 Å². The molecule has 1 heterocycles. The standard InChI is InChI=1S/C17H33N3O/c1-3-20(16-7-5-4-6-8-16)17(21)18-11-14-19-12-9-15(2)10-13-19/h15-16H,3-14H2,1-2H3,(H,18,21). The second kappa shape index (κ2) is 8.62. The van der Waals surface area contributed by atoms with Gasteiger partial charge in [0.15, 0.2) is 0 Å². The van der Waals surface area contributed by atoms with Gasteiger partial charge in [0.25, 0.3) is 0 Å². The molecule has 0 unspecified atom stereocenters. The Morgan fingerprint density at radius 3 is 2.43 bits per heavy atom. The molecule has 0 atom stereocenters.